The molecule has 1 aliphatic rings. The summed E-state index contributed by atoms with van der Waals surface area (Å²) in [5, 5.41) is 12.4. The van der Waals surface area contributed by atoms with Crippen LogP contribution in [-0.4, -0.2) is 47.2 Å². The molecule has 1 heterocycles. The lowest BCUT2D eigenvalue weighted by atomic mass is 9.96. The van der Waals surface area contributed by atoms with E-state index in [0.29, 0.717) is 5.02 Å². The van der Waals surface area contributed by atoms with Crippen LogP contribution < -0.4 is 5.32 Å². The summed E-state index contributed by atoms with van der Waals surface area (Å²) in [7, 11) is 0. The number of nitrogens with zero attached hydrogens (tertiary/aromatic N) is 1. The van der Waals surface area contributed by atoms with Gasteiger partial charge in [0.1, 0.15) is 0 Å². The van der Waals surface area contributed by atoms with Crippen molar-refractivity contribution in [2.75, 3.05) is 13.1 Å². The number of hydrogen-bond donors (Lipinski definition) is 2. The molecule has 26 heavy (non-hydrogen) atoms. The van der Waals surface area contributed by atoms with Crippen LogP contribution in [0.3, 0.4) is 0 Å². The van der Waals surface area contributed by atoms with Gasteiger partial charge in [0.05, 0.1) is 23.9 Å². The van der Waals surface area contributed by atoms with Crippen molar-refractivity contribution in [3.8, 4) is 0 Å². The molecule has 1 aliphatic heterocycles. The SMILES string of the molecule is CC(NC(=O)C(C)N1C[C@@H](C(F)(F)F)[C@H](C(=O)O)C1)c1ccc(Cl)cc1. The van der Waals surface area contributed by atoms with Crippen LogP contribution in [0.4, 0.5) is 13.2 Å². The van der Waals surface area contributed by atoms with E-state index >= 15 is 0 Å². The Balaban J connectivity index is 2.03. The summed E-state index contributed by atoms with van der Waals surface area (Å²) in [5.74, 6) is -5.51. The van der Waals surface area contributed by atoms with Crippen LogP contribution in [0.1, 0.15) is 25.5 Å². The molecule has 1 saturated heterocycles. The van der Waals surface area contributed by atoms with Crippen molar-refractivity contribution >= 4 is 23.5 Å². The lowest BCUT2D eigenvalue weighted by molar-refractivity contribution is -0.188. The zero-order valence-corrected chi connectivity index (χ0v) is 15.0. The van der Waals surface area contributed by atoms with E-state index in [1.54, 1.807) is 31.2 Å². The first kappa shape index (κ1) is 20.5. The van der Waals surface area contributed by atoms with Gasteiger partial charge in [-0.05, 0) is 31.5 Å². The highest BCUT2D eigenvalue weighted by molar-refractivity contribution is 6.30. The largest absolute Gasteiger partial charge is 0.481 e. The zero-order chi connectivity index (χ0) is 19.6. The Bertz CT molecular complexity index is 666. The summed E-state index contributed by atoms with van der Waals surface area (Å²) >= 11 is 5.81. The normalized spacial score (nSPS) is 23.5. The minimum absolute atomic E-state index is 0.316. The standard InChI is InChI=1S/C17H20ClF3N2O3/c1-9(11-3-5-12(18)6-4-11)22-15(24)10(2)23-7-13(16(25)26)14(8-23)17(19,20)21/h3-6,9-10,13-14H,7-8H2,1-2H3,(H,22,24)(H,25,26)/t9?,10?,13-,14-/m1/s1. The van der Waals surface area contributed by atoms with Crippen molar-refractivity contribution in [1.82, 2.24) is 10.2 Å². The lowest BCUT2D eigenvalue weighted by Crippen LogP contribution is -2.45. The van der Waals surface area contributed by atoms with Gasteiger partial charge >= 0.3 is 12.1 Å². The van der Waals surface area contributed by atoms with Crippen LogP contribution >= 0.6 is 11.6 Å². The van der Waals surface area contributed by atoms with E-state index < -0.39 is 42.5 Å². The molecule has 1 amide bonds. The number of hydrogen-bond acceptors (Lipinski definition) is 3. The second-order valence-electron chi connectivity index (χ2n) is 6.50. The summed E-state index contributed by atoms with van der Waals surface area (Å²) in [6.07, 6.45) is -4.62. The molecule has 0 aliphatic carbocycles. The number of halogens is 4. The van der Waals surface area contributed by atoms with Crippen molar-refractivity contribution in [3.63, 3.8) is 0 Å². The average molecular weight is 393 g/mol. The predicted octanol–water partition coefficient (Wildman–Crippen LogP) is 3.10. The quantitative estimate of drug-likeness (QED) is 0.808. The number of nitrogens with one attached hydrogen (secondary N) is 1. The number of benzene rings is 1. The molecule has 9 heteroatoms. The maximum absolute atomic E-state index is 13.1. The van der Waals surface area contributed by atoms with Crippen molar-refractivity contribution in [1.29, 1.82) is 0 Å². The van der Waals surface area contributed by atoms with Gasteiger partial charge in [0.15, 0.2) is 0 Å². The molecular formula is C17H20ClF3N2O3. The van der Waals surface area contributed by atoms with Gasteiger partial charge in [0.25, 0.3) is 0 Å². The Morgan fingerprint density at radius 3 is 2.27 bits per heavy atom. The fraction of sp³-hybridized carbons (Fsp3) is 0.529. The predicted molar refractivity (Wildman–Crippen MR) is 89.7 cm³/mol. The number of alkyl halides is 3. The number of carbonyl (C=O) groups excluding carboxylic acids is 1. The molecule has 1 aromatic carbocycles. The molecule has 0 radical (unpaired) electrons. The second kappa shape index (κ2) is 7.84. The van der Waals surface area contributed by atoms with Gasteiger partial charge in [0, 0.05) is 18.1 Å². The van der Waals surface area contributed by atoms with Gasteiger partial charge in [-0.3, -0.25) is 14.5 Å². The van der Waals surface area contributed by atoms with Gasteiger partial charge in [-0.15, -0.1) is 0 Å². The highest BCUT2D eigenvalue weighted by atomic mass is 35.5. The first-order valence-electron chi connectivity index (χ1n) is 8.10. The van der Waals surface area contributed by atoms with E-state index in [9.17, 15) is 22.8 Å². The molecular weight excluding hydrogens is 373 g/mol. The topological polar surface area (TPSA) is 69.6 Å². The first-order valence-corrected chi connectivity index (χ1v) is 8.48. The number of rotatable bonds is 5. The van der Waals surface area contributed by atoms with Crippen LogP contribution in [0, 0.1) is 11.8 Å². The smallest absolute Gasteiger partial charge is 0.393 e. The monoisotopic (exact) mass is 392 g/mol. The number of carbonyl (C=O) groups is 2. The number of carboxylic acid groups (broad SMARTS) is 1. The van der Waals surface area contributed by atoms with Crippen molar-refractivity contribution < 1.29 is 27.9 Å². The Hall–Kier alpha value is -1.80. The van der Waals surface area contributed by atoms with Crippen LogP contribution in [0.25, 0.3) is 0 Å². The third kappa shape index (κ3) is 4.67. The van der Waals surface area contributed by atoms with Crippen molar-refractivity contribution in [3.05, 3.63) is 34.9 Å². The Labute approximate surface area is 154 Å². The highest BCUT2D eigenvalue weighted by Crippen LogP contribution is 2.38. The highest BCUT2D eigenvalue weighted by Gasteiger charge is 2.53. The molecule has 5 nitrogen and oxygen atoms in total. The molecule has 0 saturated carbocycles. The number of likely N-dealkylation sites (tertiary alicyclic amines) is 1. The van der Waals surface area contributed by atoms with E-state index in [4.69, 9.17) is 16.7 Å². The first-order chi connectivity index (χ1) is 12.0. The fourth-order valence-corrected chi connectivity index (χ4v) is 3.19. The molecule has 0 spiro atoms. The van der Waals surface area contributed by atoms with E-state index in [-0.39, 0.29) is 12.6 Å². The summed E-state index contributed by atoms with van der Waals surface area (Å²) in [6.45, 7) is 2.39. The van der Waals surface area contributed by atoms with E-state index in [1.807, 2.05) is 0 Å². The van der Waals surface area contributed by atoms with Crippen LogP contribution in [-0.2, 0) is 9.59 Å². The molecule has 0 aromatic heterocycles. The third-order valence-electron chi connectivity index (χ3n) is 4.74. The molecule has 4 atom stereocenters. The molecule has 0 bridgehead atoms. The summed E-state index contributed by atoms with van der Waals surface area (Å²) in [6, 6.07) is 5.60. The summed E-state index contributed by atoms with van der Waals surface area (Å²) < 4.78 is 39.2. The third-order valence-corrected chi connectivity index (χ3v) is 4.99. The van der Waals surface area contributed by atoms with Crippen molar-refractivity contribution in [2.24, 2.45) is 11.8 Å². The summed E-state index contributed by atoms with van der Waals surface area (Å²) in [4.78, 5) is 24.8. The number of aliphatic carboxylic acids is 1. The molecule has 2 N–H and O–H groups in total. The average Bonchev–Trinajstić information content (AvgIpc) is 3.00. The molecule has 2 rings (SSSR count). The van der Waals surface area contributed by atoms with Crippen LogP contribution in [0.2, 0.25) is 5.02 Å². The lowest BCUT2D eigenvalue weighted by Gasteiger charge is -2.25. The molecule has 144 valence electrons. The van der Waals surface area contributed by atoms with E-state index in [1.165, 1.54) is 11.8 Å². The maximum atomic E-state index is 13.1. The Morgan fingerprint density at radius 1 is 1.23 bits per heavy atom. The number of carboxylic acids is 1. The van der Waals surface area contributed by atoms with Gasteiger partial charge in [-0.25, -0.2) is 0 Å². The summed E-state index contributed by atoms with van der Waals surface area (Å²) in [5.41, 5.74) is 0.799. The molecule has 1 aromatic rings. The Kier molecular flexibility index (Phi) is 6.18. The van der Waals surface area contributed by atoms with Gasteiger partial charge in [0.2, 0.25) is 5.91 Å². The maximum Gasteiger partial charge on any atom is 0.393 e. The molecule has 2 unspecified atom stereocenters. The molecule has 1 fully saturated rings. The van der Waals surface area contributed by atoms with Crippen molar-refractivity contribution in [2.45, 2.75) is 32.1 Å². The van der Waals surface area contributed by atoms with Gasteiger partial charge < -0.3 is 10.4 Å². The zero-order valence-electron chi connectivity index (χ0n) is 14.3. The van der Waals surface area contributed by atoms with E-state index in [2.05, 4.69) is 5.32 Å². The van der Waals surface area contributed by atoms with Crippen LogP contribution in [0.15, 0.2) is 24.3 Å². The Morgan fingerprint density at radius 2 is 1.81 bits per heavy atom. The van der Waals surface area contributed by atoms with Gasteiger partial charge in [-0.1, -0.05) is 23.7 Å². The van der Waals surface area contributed by atoms with Crippen LogP contribution in [0.5, 0.6) is 0 Å². The minimum atomic E-state index is -4.62. The van der Waals surface area contributed by atoms with Gasteiger partial charge in [-0.2, -0.15) is 13.2 Å². The second-order valence-corrected chi connectivity index (χ2v) is 6.94. The fourth-order valence-electron chi connectivity index (χ4n) is 3.07. The van der Waals surface area contributed by atoms with E-state index in [0.717, 1.165) is 5.56 Å². The minimum Gasteiger partial charge on any atom is -0.481 e. The number of amides is 1.